The fourth-order valence-electron chi connectivity index (χ4n) is 4.24. The van der Waals surface area contributed by atoms with Crippen LogP contribution in [0, 0.1) is 0 Å². The molecule has 1 saturated heterocycles. The molecule has 0 aliphatic carbocycles. The van der Waals surface area contributed by atoms with E-state index in [1.54, 1.807) is 36.4 Å². The summed E-state index contributed by atoms with van der Waals surface area (Å²) in [5.41, 5.74) is 2.50. The summed E-state index contributed by atoms with van der Waals surface area (Å²) in [5.74, 6) is -1.20. The summed E-state index contributed by atoms with van der Waals surface area (Å²) >= 11 is 0. The van der Waals surface area contributed by atoms with Gasteiger partial charge in [-0.05, 0) is 67.4 Å². The van der Waals surface area contributed by atoms with E-state index < -0.39 is 11.8 Å². The Morgan fingerprint density at radius 3 is 2.11 bits per heavy atom. The molecule has 36 heavy (non-hydrogen) atoms. The normalized spacial score (nSPS) is 16.6. The van der Waals surface area contributed by atoms with E-state index in [1.807, 2.05) is 18.2 Å². The van der Waals surface area contributed by atoms with E-state index in [9.17, 15) is 19.2 Å². The van der Waals surface area contributed by atoms with Crippen LogP contribution in [0.1, 0.15) is 43.9 Å². The SMILES string of the molecule is O=C(Nc1ccccc1)Nc1ccc(NC(=O)c2ccc3c(c2)C(=O)N(C[C@H]2CCCO2)C3=O)cc1. The minimum atomic E-state index is -0.418. The second kappa shape index (κ2) is 10.0. The van der Waals surface area contributed by atoms with Crippen LogP contribution in [0.2, 0.25) is 0 Å². The average molecular weight is 485 g/mol. The molecule has 9 heteroatoms. The molecule has 0 unspecified atom stereocenters. The Hall–Kier alpha value is -4.50. The van der Waals surface area contributed by atoms with Crippen molar-refractivity contribution in [3.8, 4) is 0 Å². The molecular weight excluding hydrogens is 460 g/mol. The molecule has 0 spiro atoms. The number of ether oxygens (including phenoxy) is 1. The van der Waals surface area contributed by atoms with Crippen LogP contribution in [0.15, 0.2) is 72.8 Å². The highest BCUT2D eigenvalue weighted by Crippen LogP contribution is 2.26. The van der Waals surface area contributed by atoms with Crippen LogP contribution in [-0.4, -0.2) is 47.9 Å². The van der Waals surface area contributed by atoms with E-state index in [2.05, 4.69) is 16.0 Å². The molecule has 5 rings (SSSR count). The fourth-order valence-corrected chi connectivity index (χ4v) is 4.24. The summed E-state index contributed by atoms with van der Waals surface area (Å²) in [6.45, 7) is 0.855. The van der Waals surface area contributed by atoms with E-state index in [1.165, 1.54) is 23.1 Å². The second-order valence-corrected chi connectivity index (χ2v) is 8.59. The predicted molar refractivity (Wildman–Crippen MR) is 134 cm³/mol. The predicted octanol–water partition coefficient (Wildman–Crippen LogP) is 4.36. The van der Waals surface area contributed by atoms with E-state index in [4.69, 9.17) is 4.74 Å². The summed E-state index contributed by atoms with van der Waals surface area (Å²) in [6.07, 6.45) is 1.58. The number of carbonyl (C=O) groups excluding carboxylic acids is 4. The number of amides is 5. The quantitative estimate of drug-likeness (QED) is 0.450. The summed E-state index contributed by atoms with van der Waals surface area (Å²) in [4.78, 5) is 51.7. The first-order chi connectivity index (χ1) is 17.5. The summed E-state index contributed by atoms with van der Waals surface area (Å²) in [7, 11) is 0. The number of benzene rings is 3. The zero-order chi connectivity index (χ0) is 25.1. The lowest BCUT2D eigenvalue weighted by atomic mass is 10.1. The number of nitrogens with one attached hydrogen (secondary N) is 3. The van der Waals surface area contributed by atoms with Gasteiger partial charge in [0, 0.05) is 29.2 Å². The third kappa shape index (κ3) is 4.96. The zero-order valence-electron chi connectivity index (χ0n) is 19.3. The minimum Gasteiger partial charge on any atom is -0.376 e. The zero-order valence-corrected chi connectivity index (χ0v) is 19.3. The molecule has 2 heterocycles. The molecule has 1 atom stereocenters. The van der Waals surface area contributed by atoms with Crippen molar-refractivity contribution in [3.63, 3.8) is 0 Å². The van der Waals surface area contributed by atoms with Crippen molar-refractivity contribution < 1.29 is 23.9 Å². The lowest BCUT2D eigenvalue weighted by Crippen LogP contribution is -2.36. The number of anilines is 3. The monoisotopic (exact) mass is 484 g/mol. The van der Waals surface area contributed by atoms with Gasteiger partial charge in [-0.3, -0.25) is 19.3 Å². The second-order valence-electron chi connectivity index (χ2n) is 8.59. The maximum atomic E-state index is 12.8. The van der Waals surface area contributed by atoms with Crippen LogP contribution < -0.4 is 16.0 Å². The third-order valence-electron chi connectivity index (χ3n) is 6.08. The van der Waals surface area contributed by atoms with Crippen LogP contribution >= 0.6 is 0 Å². The van der Waals surface area contributed by atoms with Gasteiger partial charge in [0.2, 0.25) is 0 Å². The summed E-state index contributed by atoms with van der Waals surface area (Å²) < 4.78 is 5.56. The Morgan fingerprint density at radius 2 is 1.44 bits per heavy atom. The number of carbonyl (C=O) groups is 4. The minimum absolute atomic E-state index is 0.142. The molecule has 5 amide bonds. The Balaban J connectivity index is 1.20. The molecule has 0 radical (unpaired) electrons. The van der Waals surface area contributed by atoms with E-state index in [0.717, 1.165) is 12.8 Å². The lowest BCUT2D eigenvalue weighted by molar-refractivity contribution is 0.0475. The number of imide groups is 1. The molecule has 1 fully saturated rings. The van der Waals surface area contributed by atoms with Crippen molar-refractivity contribution in [2.24, 2.45) is 0 Å². The topological polar surface area (TPSA) is 117 Å². The summed E-state index contributed by atoms with van der Waals surface area (Å²) in [5, 5.41) is 8.22. The first-order valence-corrected chi connectivity index (χ1v) is 11.6. The molecule has 0 bridgehead atoms. The largest absolute Gasteiger partial charge is 0.376 e. The Bertz CT molecular complexity index is 1320. The van der Waals surface area contributed by atoms with Gasteiger partial charge in [-0.2, -0.15) is 0 Å². The smallest absolute Gasteiger partial charge is 0.323 e. The van der Waals surface area contributed by atoms with Crippen LogP contribution in [0.25, 0.3) is 0 Å². The molecule has 3 N–H and O–H groups in total. The summed E-state index contributed by atoms with van der Waals surface area (Å²) in [6, 6.07) is 19.8. The number of rotatable bonds is 6. The number of fused-ring (bicyclic) bond motifs is 1. The van der Waals surface area contributed by atoms with Gasteiger partial charge >= 0.3 is 6.03 Å². The number of urea groups is 1. The maximum Gasteiger partial charge on any atom is 0.323 e. The van der Waals surface area contributed by atoms with Gasteiger partial charge in [0.1, 0.15) is 0 Å². The van der Waals surface area contributed by atoms with Gasteiger partial charge in [0.05, 0.1) is 23.8 Å². The van der Waals surface area contributed by atoms with Crippen molar-refractivity contribution in [3.05, 3.63) is 89.5 Å². The first kappa shape index (κ1) is 23.3. The molecule has 182 valence electrons. The number of hydrogen-bond donors (Lipinski definition) is 3. The molecule has 3 aromatic carbocycles. The lowest BCUT2D eigenvalue weighted by Gasteiger charge is -2.17. The van der Waals surface area contributed by atoms with Gasteiger partial charge in [-0.15, -0.1) is 0 Å². The van der Waals surface area contributed by atoms with E-state index in [-0.39, 0.29) is 35.7 Å². The van der Waals surface area contributed by atoms with Crippen molar-refractivity contribution in [2.45, 2.75) is 18.9 Å². The van der Waals surface area contributed by atoms with Gasteiger partial charge < -0.3 is 20.7 Å². The van der Waals surface area contributed by atoms with Crippen LogP contribution in [0.4, 0.5) is 21.9 Å². The fraction of sp³-hybridized carbons (Fsp3) is 0.185. The van der Waals surface area contributed by atoms with Crippen LogP contribution in [0.3, 0.4) is 0 Å². The highest BCUT2D eigenvalue weighted by Gasteiger charge is 2.37. The maximum absolute atomic E-state index is 12.8. The van der Waals surface area contributed by atoms with Gasteiger partial charge in [0.15, 0.2) is 0 Å². The van der Waals surface area contributed by atoms with E-state index in [0.29, 0.717) is 29.2 Å². The van der Waals surface area contributed by atoms with Crippen molar-refractivity contribution in [1.82, 2.24) is 4.90 Å². The van der Waals surface area contributed by atoms with Crippen molar-refractivity contribution in [1.29, 1.82) is 0 Å². The van der Waals surface area contributed by atoms with Gasteiger partial charge in [0.25, 0.3) is 17.7 Å². The van der Waals surface area contributed by atoms with Crippen molar-refractivity contribution in [2.75, 3.05) is 29.1 Å². The molecule has 0 saturated carbocycles. The van der Waals surface area contributed by atoms with E-state index >= 15 is 0 Å². The highest BCUT2D eigenvalue weighted by atomic mass is 16.5. The molecule has 3 aromatic rings. The third-order valence-corrected chi connectivity index (χ3v) is 6.08. The standard InChI is InChI=1S/C27H24N4O5/c32-24(28-19-9-11-20(12-10-19)30-27(35)29-18-5-2-1-3-6-18)17-8-13-22-23(15-17)26(34)31(25(22)33)16-21-7-4-14-36-21/h1-3,5-6,8-13,15,21H,4,7,14,16H2,(H,28,32)(H2,29,30,35)/t21-/m1/s1. The van der Waals surface area contributed by atoms with Gasteiger partial charge in [-0.1, -0.05) is 18.2 Å². The van der Waals surface area contributed by atoms with Crippen LogP contribution in [-0.2, 0) is 4.74 Å². The molecule has 9 nitrogen and oxygen atoms in total. The highest BCUT2D eigenvalue weighted by molar-refractivity contribution is 6.22. The Morgan fingerprint density at radius 1 is 0.806 bits per heavy atom. The average Bonchev–Trinajstić information content (AvgIpc) is 3.48. The van der Waals surface area contributed by atoms with Crippen LogP contribution in [0.5, 0.6) is 0 Å². The Kier molecular flexibility index (Phi) is 6.46. The first-order valence-electron chi connectivity index (χ1n) is 11.6. The number of para-hydroxylation sites is 1. The number of nitrogens with zero attached hydrogens (tertiary/aromatic N) is 1. The molecular formula is C27H24N4O5. The molecule has 0 aromatic heterocycles. The molecule has 2 aliphatic heterocycles. The molecule has 2 aliphatic rings. The number of hydrogen-bond acceptors (Lipinski definition) is 5. The van der Waals surface area contributed by atoms with Crippen molar-refractivity contribution >= 4 is 40.8 Å². The van der Waals surface area contributed by atoms with Gasteiger partial charge in [-0.25, -0.2) is 4.79 Å². The Labute approximate surface area is 207 Å².